The molecule has 0 N–H and O–H groups in total. The SMILES string of the molecule is CN(C)C(=O)C[C@H]1CN(Cc2ccc3c(c2)OCO3)Cc2ccnn21. The molecule has 1 aromatic carbocycles. The Kier molecular flexibility index (Phi) is 4.09. The molecular weight excluding hydrogens is 320 g/mol. The van der Waals surface area contributed by atoms with Crippen LogP contribution in [-0.2, 0) is 17.9 Å². The van der Waals surface area contributed by atoms with Gasteiger partial charge in [-0.1, -0.05) is 6.07 Å². The van der Waals surface area contributed by atoms with Crippen molar-refractivity contribution in [2.45, 2.75) is 25.6 Å². The number of rotatable bonds is 4. The van der Waals surface area contributed by atoms with Crippen LogP contribution in [0.15, 0.2) is 30.5 Å². The van der Waals surface area contributed by atoms with Crippen LogP contribution in [0.4, 0.5) is 0 Å². The van der Waals surface area contributed by atoms with E-state index >= 15 is 0 Å². The van der Waals surface area contributed by atoms with Crippen LogP contribution in [0.1, 0.15) is 23.7 Å². The summed E-state index contributed by atoms with van der Waals surface area (Å²) in [5.74, 6) is 1.73. The highest BCUT2D eigenvalue weighted by Crippen LogP contribution is 2.33. The van der Waals surface area contributed by atoms with Crippen LogP contribution in [0.2, 0.25) is 0 Å². The van der Waals surface area contributed by atoms with Crippen molar-refractivity contribution in [1.82, 2.24) is 19.6 Å². The zero-order valence-electron chi connectivity index (χ0n) is 14.5. The summed E-state index contributed by atoms with van der Waals surface area (Å²) in [7, 11) is 3.58. The van der Waals surface area contributed by atoms with Gasteiger partial charge < -0.3 is 14.4 Å². The fourth-order valence-corrected chi connectivity index (χ4v) is 3.42. The maximum absolute atomic E-state index is 12.2. The quantitative estimate of drug-likeness (QED) is 0.845. The van der Waals surface area contributed by atoms with Crippen molar-refractivity contribution < 1.29 is 14.3 Å². The molecule has 0 fully saturated rings. The van der Waals surface area contributed by atoms with Gasteiger partial charge >= 0.3 is 0 Å². The number of amides is 1. The molecule has 2 aromatic rings. The summed E-state index contributed by atoms with van der Waals surface area (Å²) in [6.07, 6.45) is 2.27. The molecule has 4 rings (SSSR count). The molecule has 1 amide bonds. The molecule has 3 heterocycles. The maximum atomic E-state index is 12.2. The Bertz CT molecular complexity index is 786. The lowest BCUT2D eigenvalue weighted by molar-refractivity contribution is -0.129. The molecule has 2 aliphatic heterocycles. The van der Waals surface area contributed by atoms with E-state index in [1.54, 1.807) is 19.0 Å². The number of benzene rings is 1. The van der Waals surface area contributed by atoms with Gasteiger partial charge in [0, 0.05) is 39.9 Å². The third-order valence-electron chi connectivity index (χ3n) is 4.70. The maximum Gasteiger partial charge on any atom is 0.231 e. The Hall–Kier alpha value is -2.54. The first kappa shape index (κ1) is 16.0. The predicted molar refractivity (Wildman–Crippen MR) is 91.3 cm³/mol. The third-order valence-corrected chi connectivity index (χ3v) is 4.70. The molecule has 1 atom stereocenters. The molecule has 1 aromatic heterocycles. The largest absolute Gasteiger partial charge is 0.454 e. The molecule has 0 saturated heterocycles. The van der Waals surface area contributed by atoms with E-state index in [-0.39, 0.29) is 18.7 Å². The molecule has 0 aliphatic carbocycles. The first-order chi connectivity index (χ1) is 12.1. The van der Waals surface area contributed by atoms with E-state index in [2.05, 4.69) is 16.1 Å². The van der Waals surface area contributed by atoms with E-state index < -0.39 is 0 Å². The number of nitrogens with zero attached hydrogens (tertiary/aromatic N) is 4. The minimum Gasteiger partial charge on any atom is -0.454 e. The van der Waals surface area contributed by atoms with Crippen molar-refractivity contribution in [3.8, 4) is 11.5 Å². The minimum atomic E-state index is 0.0580. The molecule has 7 nitrogen and oxygen atoms in total. The lowest BCUT2D eigenvalue weighted by Gasteiger charge is -2.34. The second kappa shape index (κ2) is 6.40. The lowest BCUT2D eigenvalue weighted by atomic mass is 10.1. The van der Waals surface area contributed by atoms with Crippen LogP contribution < -0.4 is 9.47 Å². The van der Waals surface area contributed by atoms with Gasteiger partial charge in [0.25, 0.3) is 0 Å². The van der Waals surface area contributed by atoms with Crippen molar-refractivity contribution in [1.29, 1.82) is 0 Å². The van der Waals surface area contributed by atoms with Gasteiger partial charge in [-0.05, 0) is 23.8 Å². The zero-order valence-corrected chi connectivity index (χ0v) is 14.5. The highest BCUT2D eigenvalue weighted by molar-refractivity contribution is 5.76. The first-order valence-corrected chi connectivity index (χ1v) is 8.43. The summed E-state index contributed by atoms with van der Waals surface area (Å²) < 4.78 is 12.8. The number of carbonyl (C=O) groups excluding carboxylic acids is 1. The molecule has 0 saturated carbocycles. The van der Waals surface area contributed by atoms with Gasteiger partial charge in [0.1, 0.15) is 0 Å². The molecule has 25 heavy (non-hydrogen) atoms. The number of fused-ring (bicyclic) bond motifs is 2. The molecule has 7 heteroatoms. The Labute approximate surface area is 146 Å². The summed E-state index contributed by atoms with van der Waals surface area (Å²) in [5, 5.41) is 4.42. The Morgan fingerprint density at radius 1 is 1.28 bits per heavy atom. The summed E-state index contributed by atoms with van der Waals surface area (Å²) in [6.45, 7) is 2.70. The van der Waals surface area contributed by atoms with E-state index in [1.807, 2.05) is 29.1 Å². The molecule has 0 bridgehead atoms. The number of aromatic nitrogens is 2. The summed E-state index contributed by atoms with van der Waals surface area (Å²) in [6, 6.07) is 8.15. The van der Waals surface area contributed by atoms with Crippen molar-refractivity contribution in [3.05, 3.63) is 41.7 Å². The van der Waals surface area contributed by atoms with E-state index in [0.717, 1.165) is 36.8 Å². The number of hydrogen-bond donors (Lipinski definition) is 0. The van der Waals surface area contributed by atoms with Crippen LogP contribution in [-0.4, -0.2) is 52.9 Å². The minimum absolute atomic E-state index is 0.0580. The molecule has 2 aliphatic rings. The first-order valence-electron chi connectivity index (χ1n) is 8.43. The average molecular weight is 342 g/mol. The van der Waals surface area contributed by atoms with Crippen LogP contribution in [0.25, 0.3) is 0 Å². The van der Waals surface area contributed by atoms with Gasteiger partial charge in [-0.25, -0.2) is 0 Å². The summed E-state index contributed by atoms with van der Waals surface area (Å²) in [4.78, 5) is 16.2. The third kappa shape index (κ3) is 3.19. The molecule has 0 spiro atoms. The van der Waals surface area contributed by atoms with E-state index in [9.17, 15) is 4.79 Å². The second-order valence-corrected chi connectivity index (χ2v) is 6.77. The van der Waals surface area contributed by atoms with Gasteiger partial charge in [-0.3, -0.25) is 14.4 Å². The monoisotopic (exact) mass is 342 g/mol. The lowest BCUT2D eigenvalue weighted by Crippen LogP contribution is -2.39. The standard InChI is InChI=1S/C18H22N4O3/c1-20(2)18(23)8-15-11-21(10-14-5-6-19-22(14)15)9-13-3-4-16-17(7-13)25-12-24-16/h3-7,15H,8-12H2,1-2H3/t15-/m0/s1. The van der Waals surface area contributed by atoms with Gasteiger partial charge in [-0.15, -0.1) is 0 Å². The van der Waals surface area contributed by atoms with Crippen molar-refractivity contribution in [2.24, 2.45) is 0 Å². The van der Waals surface area contributed by atoms with Crippen molar-refractivity contribution in [3.63, 3.8) is 0 Å². The predicted octanol–water partition coefficient (Wildman–Crippen LogP) is 1.65. The van der Waals surface area contributed by atoms with E-state index in [0.29, 0.717) is 6.42 Å². The zero-order chi connectivity index (χ0) is 17.4. The van der Waals surface area contributed by atoms with Gasteiger partial charge in [0.05, 0.1) is 18.2 Å². The van der Waals surface area contributed by atoms with E-state index in [1.165, 1.54) is 5.56 Å². The van der Waals surface area contributed by atoms with Crippen molar-refractivity contribution >= 4 is 5.91 Å². The Morgan fingerprint density at radius 2 is 2.12 bits per heavy atom. The number of hydrogen-bond acceptors (Lipinski definition) is 5. The summed E-state index contributed by atoms with van der Waals surface area (Å²) in [5.41, 5.74) is 2.32. The van der Waals surface area contributed by atoms with Gasteiger partial charge in [0.15, 0.2) is 11.5 Å². The Balaban J connectivity index is 1.50. The van der Waals surface area contributed by atoms with Gasteiger partial charge in [-0.2, -0.15) is 5.10 Å². The highest BCUT2D eigenvalue weighted by atomic mass is 16.7. The fourth-order valence-electron chi connectivity index (χ4n) is 3.42. The normalized spacial score (nSPS) is 18.9. The van der Waals surface area contributed by atoms with Crippen molar-refractivity contribution in [2.75, 3.05) is 27.4 Å². The van der Waals surface area contributed by atoms with Gasteiger partial charge in [0.2, 0.25) is 12.7 Å². The fraction of sp³-hybridized carbons (Fsp3) is 0.444. The van der Waals surface area contributed by atoms with Crippen LogP contribution in [0.3, 0.4) is 0 Å². The van der Waals surface area contributed by atoms with Crippen LogP contribution in [0.5, 0.6) is 11.5 Å². The smallest absolute Gasteiger partial charge is 0.231 e. The average Bonchev–Trinajstić information content (AvgIpc) is 3.22. The topological polar surface area (TPSA) is 59.8 Å². The van der Waals surface area contributed by atoms with Crippen LogP contribution in [0, 0.1) is 0 Å². The second-order valence-electron chi connectivity index (χ2n) is 6.77. The molecule has 132 valence electrons. The highest BCUT2D eigenvalue weighted by Gasteiger charge is 2.28. The molecular formula is C18H22N4O3. The molecule has 0 radical (unpaired) electrons. The van der Waals surface area contributed by atoms with Crippen LogP contribution >= 0.6 is 0 Å². The Morgan fingerprint density at radius 3 is 2.96 bits per heavy atom. The summed E-state index contributed by atoms with van der Waals surface area (Å²) >= 11 is 0. The molecule has 0 unspecified atom stereocenters. The number of ether oxygens (including phenoxy) is 2. The van der Waals surface area contributed by atoms with E-state index in [4.69, 9.17) is 9.47 Å². The number of carbonyl (C=O) groups is 1.